The molecule has 0 aromatic heterocycles. The highest BCUT2D eigenvalue weighted by Crippen LogP contribution is 2.22. The number of hydrazine groups is 1. The summed E-state index contributed by atoms with van der Waals surface area (Å²) in [6.07, 6.45) is 2.44. The molecule has 2 bridgehead atoms. The summed E-state index contributed by atoms with van der Waals surface area (Å²) in [6, 6.07) is 1.08. The van der Waals surface area contributed by atoms with Crippen molar-refractivity contribution in [2.24, 2.45) is 11.8 Å². The molecule has 0 aromatic rings. The van der Waals surface area contributed by atoms with Crippen molar-refractivity contribution in [1.29, 1.82) is 0 Å². The van der Waals surface area contributed by atoms with Crippen LogP contribution in [0.4, 0.5) is 0 Å². The van der Waals surface area contributed by atoms with Gasteiger partial charge in [0.05, 0.1) is 0 Å². The van der Waals surface area contributed by atoms with E-state index < -0.39 is 0 Å². The molecular formula is C12H26N4. The van der Waals surface area contributed by atoms with E-state index in [2.05, 4.69) is 29.1 Å². The molecule has 0 aliphatic carbocycles. The van der Waals surface area contributed by atoms with Gasteiger partial charge < -0.3 is 0 Å². The Morgan fingerprint density at radius 1 is 1.31 bits per heavy atom. The van der Waals surface area contributed by atoms with Gasteiger partial charge in [0.1, 0.15) is 0 Å². The molecular weight excluding hydrogens is 200 g/mol. The van der Waals surface area contributed by atoms with E-state index in [1.165, 1.54) is 45.6 Å². The molecule has 0 spiro atoms. The van der Waals surface area contributed by atoms with Crippen LogP contribution in [-0.4, -0.2) is 54.6 Å². The standard InChI is InChI=1S/C12H26N4/c1-3-10(2)8-11(14-13)12-9-15-4-6-16(12)7-5-15/h10-12,14H,3-9,13H2,1-2H3. The fourth-order valence-electron chi connectivity index (χ4n) is 2.98. The molecule has 0 saturated carbocycles. The van der Waals surface area contributed by atoms with Gasteiger partial charge in [0, 0.05) is 44.8 Å². The molecule has 3 fully saturated rings. The molecule has 4 heteroatoms. The van der Waals surface area contributed by atoms with Gasteiger partial charge in [0.25, 0.3) is 0 Å². The molecule has 0 aromatic carbocycles. The average molecular weight is 226 g/mol. The zero-order valence-corrected chi connectivity index (χ0v) is 10.7. The van der Waals surface area contributed by atoms with Crippen LogP contribution in [0.15, 0.2) is 0 Å². The predicted molar refractivity (Wildman–Crippen MR) is 67.0 cm³/mol. The molecule has 0 radical (unpaired) electrons. The van der Waals surface area contributed by atoms with Crippen LogP contribution in [0.5, 0.6) is 0 Å². The number of hydrogen-bond donors (Lipinski definition) is 2. The molecule has 3 N–H and O–H groups in total. The van der Waals surface area contributed by atoms with Crippen LogP contribution in [0.3, 0.4) is 0 Å². The average Bonchev–Trinajstić information content (AvgIpc) is 2.36. The molecule has 4 nitrogen and oxygen atoms in total. The summed E-state index contributed by atoms with van der Waals surface area (Å²) < 4.78 is 0. The van der Waals surface area contributed by atoms with Crippen LogP contribution < -0.4 is 11.3 Å². The second-order valence-electron chi connectivity index (χ2n) is 5.43. The molecule has 3 unspecified atom stereocenters. The first-order valence-electron chi connectivity index (χ1n) is 6.67. The van der Waals surface area contributed by atoms with E-state index >= 15 is 0 Å². The first-order chi connectivity index (χ1) is 7.74. The Bertz CT molecular complexity index is 213. The van der Waals surface area contributed by atoms with Crippen LogP contribution in [0.25, 0.3) is 0 Å². The Hall–Kier alpha value is -0.160. The number of nitrogens with zero attached hydrogens (tertiary/aromatic N) is 2. The molecule has 0 amide bonds. The van der Waals surface area contributed by atoms with E-state index in [4.69, 9.17) is 5.84 Å². The minimum absolute atomic E-state index is 0.457. The fraction of sp³-hybridized carbons (Fsp3) is 1.00. The van der Waals surface area contributed by atoms with Gasteiger partial charge in [0.2, 0.25) is 0 Å². The second kappa shape index (κ2) is 5.45. The minimum atomic E-state index is 0.457. The summed E-state index contributed by atoms with van der Waals surface area (Å²) in [5, 5.41) is 0. The lowest BCUT2D eigenvalue weighted by molar-refractivity contribution is -0.00667. The zero-order valence-electron chi connectivity index (χ0n) is 10.7. The topological polar surface area (TPSA) is 44.5 Å². The van der Waals surface area contributed by atoms with E-state index in [1.807, 2.05) is 0 Å². The summed E-state index contributed by atoms with van der Waals surface area (Å²) >= 11 is 0. The Balaban J connectivity index is 1.93. The Kier molecular flexibility index (Phi) is 4.19. The molecule has 3 atom stereocenters. The lowest BCUT2D eigenvalue weighted by atomic mass is 9.91. The van der Waals surface area contributed by atoms with Crippen LogP contribution >= 0.6 is 0 Å². The number of rotatable bonds is 5. The van der Waals surface area contributed by atoms with E-state index in [1.54, 1.807) is 0 Å². The minimum Gasteiger partial charge on any atom is -0.299 e. The van der Waals surface area contributed by atoms with Crippen molar-refractivity contribution in [3.8, 4) is 0 Å². The summed E-state index contributed by atoms with van der Waals surface area (Å²) in [6.45, 7) is 10.7. The molecule has 94 valence electrons. The summed E-state index contributed by atoms with van der Waals surface area (Å²) in [7, 11) is 0. The summed E-state index contributed by atoms with van der Waals surface area (Å²) in [5.41, 5.74) is 3.05. The third-order valence-corrected chi connectivity index (χ3v) is 4.35. The quantitative estimate of drug-likeness (QED) is 0.521. The maximum atomic E-state index is 5.74. The monoisotopic (exact) mass is 226 g/mol. The van der Waals surface area contributed by atoms with Gasteiger partial charge in [0.15, 0.2) is 0 Å². The molecule has 3 heterocycles. The Morgan fingerprint density at radius 2 is 2.00 bits per heavy atom. The highest BCUT2D eigenvalue weighted by Gasteiger charge is 2.36. The highest BCUT2D eigenvalue weighted by molar-refractivity contribution is 4.94. The molecule has 3 aliphatic rings. The van der Waals surface area contributed by atoms with Gasteiger partial charge in [-0.1, -0.05) is 20.3 Å². The Morgan fingerprint density at radius 3 is 2.44 bits per heavy atom. The van der Waals surface area contributed by atoms with E-state index in [9.17, 15) is 0 Å². The molecule has 3 saturated heterocycles. The lowest BCUT2D eigenvalue weighted by Crippen LogP contribution is -2.67. The van der Waals surface area contributed by atoms with Gasteiger partial charge in [-0.2, -0.15) is 0 Å². The normalized spacial score (nSPS) is 37.3. The van der Waals surface area contributed by atoms with E-state index in [0.717, 1.165) is 5.92 Å². The zero-order chi connectivity index (χ0) is 11.5. The molecule has 3 rings (SSSR count). The number of nitrogens with one attached hydrogen (secondary N) is 1. The fourth-order valence-corrected chi connectivity index (χ4v) is 2.98. The predicted octanol–water partition coefficient (Wildman–Crippen LogP) is 0.254. The van der Waals surface area contributed by atoms with Gasteiger partial charge in [-0.15, -0.1) is 0 Å². The van der Waals surface area contributed by atoms with Crippen LogP contribution in [0.1, 0.15) is 26.7 Å². The number of nitrogens with two attached hydrogens (primary N) is 1. The van der Waals surface area contributed by atoms with Gasteiger partial charge in [-0.3, -0.25) is 21.1 Å². The first kappa shape index (κ1) is 12.3. The van der Waals surface area contributed by atoms with E-state index in [-0.39, 0.29) is 0 Å². The summed E-state index contributed by atoms with van der Waals surface area (Å²) in [4.78, 5) is 5.19. The number of hydrogen-bond acceptors (Lipinski definition) is 4. The highest BCUT2D eigenvalue weighted by atomic mass is 15.4. The van der Waals surface area contributed by atoms with Crippen molar-refractivity contribution >= 4 is 0 Å². The van der Waals surface area contributed by atoms with Crippen molar-refractivity contribution in [1.82, 2.24) is 15.2 Å². The van der Waals surface area contributed by atoms with Crippen molar-refractivity contribution in [3.63, 3.8) is 0 Å². The van der Waals surface area contributed by atoms with Crippen molar-refractivity contribution in [2.45, 2.75) is 38.8 Å². The van der Waals surface area contributed by atoms with Gasteiger partial charge in [-0.05, 0) is 12.3 Å². The van der Waals surface area contributed by atoms with Crippen molar-refractivity contribution in [3.05, 3.63) is 0 Å². The van der Waals surface area contributed by atoms with Crippen molar-refractivity contribution < 1.29 is 0 Å². The smallest absolute Gasteiger partial charge is 0.0391 e. The van der Waals surface area contributed by atoms with E-state index in [0.29, 0.717) is 12.1 Å². The Labute approximate surface area is 99.1 Å². The van der Waals surface area contributed by atoms with Crippen LogP contribution in [0.2, 0.25) is 0 Å². The van der Waals surface area contributed by atoms with Gasteiger partial charge in [-0.25, -0.2) is 0 Å². The largest absolute Gasteiger partial charge is 0.299 e. The third kappa shape index (κ3) is 2.56. The lowest BCUT2D eigenvalue weighted by Gasteiger charge is -2.50. The van der Waals surface area contributed by atoms with Crippen LogP contribution in [-0.2, 0) is 0 Å². The maximum absolute atomic E-state index is 5.74. The number of piperazine rings is 3. The SMILES string of the molecule is CCC(C)CC(NN)C1CN2CCN1CC2. The maximum Gasteiger partial charge on any atom is 0.0391 e. The second-order valence-corrected chi connectivity index (χ2v) is 5.43. The van der Waals surface area contributed by atoms with Gasteiger partial charge >= 0.3 is 0 Å². The van der Waals surface area contributed by atoms with Crippen LogP contribution in [0, 0.1) is 5.92 Å². The molecule has 3 aliphatic heterocycles. The molecule has 16 heavy (non-hydrogen) atoms. The summed E-state index contributed by atoms with van der Waals surface area (Å²) in [5.74, 6) is 6.50. The third-order valence-electron chi connectivity index (χ3n) is 4.35. The number of fused-ring (bicyclic) bond motifs is 3. The first-order valence-corrected chi connectivity index (χ1v) is 6.67. The van der Waals surface area contributed by atoms with Crippen molar-refractivity contribution in [2.75, 3.05) is 32.7 Å².